The first-order chi connectivity index (χ1) is 16.1. The lowest BCUT2D eigenvalue weighted by molar-refractivity contribution is -0.144. The molecule has 5 nitrogen and oxygen atoms in total. The van der Waals surface area contributed by atoms with Crippen LogP contribution in [0.5, 0.6) is 5.75 Å². The zero-order chi connectivity index (χ0) is 23.5. The first-order valence-electron chi connectivity index (χ1n) is 11.1. The largest absolute Gasteiger partial charge is 0.479 e. The van der Waals surface area contributed by atoms with Crippen LogP contribution in [0.1, 0.15) is 30.4 Å². The molecule has 0 aliphatic heterocycles. The van der Waals surface area contributed by atoms with E-state index < -0.39 is 12.1 Å². The molecule has 0 aliphatic rings. The number of carbonyl (C=O) groups is 1. The normalized spacial score (nSPS) is 12.9. The van der Waals surface area contributed by atoms with Crippen LogP contribution in [-0.2, 0) is 4.79 Å². The molecule has 0 radical (unpaired) electrons. The molecule has 3 aromatic rings. The van der Waals surface area contributed by atoms with Crippen molar-refractivity contribution in [2.45, 2.75) is 36.3 Å². The number of ether oxygens (including phenoxy) is 1. The Balaban J connectivity index is 1.54. The number of rotatable bonds is 13. The molecule has 0 bridgehead atoms. The van der Waals surface area contributed by atoms with E-state index in [1.165, 1.54) is 18.1 Å². The van der Waals surface area contributed by atoms with Gasteiger partial charge >= 0.3 is 5.97 Å². The van der Waals surface area contributed by atoms with Gasteiger partial charge in [0, 0.05) is 16.9 Å². The van der Waals surface area contributed by atoms with E-state index in [0.717, 1.165) is 23.6 Å². The zero-order valence-corrected chi connectivity index (χ0v) is 19.6. The summed E-state index contributed by atoms with van der Waals surface area (Å²) in [5.74, 6) is 0.531. The minimum atomic E-state index is -0.984. The molecular weight excluding hydrogens is 434 g/mol. The van der Waals surface area contributed by atoms with Crippen molar-refractivity contribution in [3.63, 3.8) is 0 Å². The molecule has 0 aromatic heterocycles. The van der Waals surface area contributed by atoms with Gasteiger partial charge in [-0.1, -0.05) is 66.7 Å². The maximum atomic E-state index is 11.0. The van der Waals surface area contributed by atoms with Gasteiger partial charge in [-0.15, -0.1) is 11.8 Å². The number of aliphatic hydroxyl groups excluding tert-OH is 1. The van der Waals surface area contributed by atoms with Gasteiger partial charge in [-0.25, -0.2) is 4.79 Å². The smallest absolute Gasteiger partial charge is 0.344 e. The first-order valence-corrected chi connectivity index (χ1v) is 12.1. The molecule has 33 heavy (non-hydrogen) atoms. The van der Waals surface area contributed by atoms with Crippen LogP contribution >= 0.6 is 11.8 Å². The van der Waals surface area contributed by atoms with Crippen LogP contribution in [-0.4, -0.2) is 47.2 Å². The monoisotopic (exact) mass is 465 g/mol. The van der Waals surface area contributed by atoms with Crippen molar-refractivity contribution in [3.05, 3.63) is 96.1 Å². The van der Waals surface area contributed by atoms with Crippen molar-refractivity contribution in [2.24, 2.45) is 0 Å². The second-order valence-corrected chi connectivity index (χ2v) is 8.99. The second-order valence-electron chi connectivity index (χ2n) is 7.82. The lowest BCUT2D eigenvalue weighted by Gasteiger charge is -2.28. The van der Waals surface area contributed by atoms with Gasteiger partial charge in [-0.2, -0.15) is 0 Å². The summed E-state index contributed by atoms with van der Waals surface area (Å²) in [4.78, 5) is 12.0. The Morgan fingerprint density at radius 1 is 0.970 bits per heavy atom. The van der Waals surface area contributed by atoms with E-state index in [9.17, 15) is 9.90 Å². The van der Waals surface area contributed by atoms with Gasteiger partial charge < -0.3 is 20.3 Å². The molecule has 3 rings (SSSR count). The summed E-state index contributed by atoms with van der Waals surface area (Å²) >= 11 is 1.70. The van der Waals surface area contributed by atoms with Gasteiger partial charge in [0.25, 0.3) is 0 Å². The molecule has 0 saturated carbocycles. The predicted molar refractivity (Wildman–Crippen MR) is 133 cm³/mol. The van der Waals surface area contributed by atoms with Crippen molar-refractivity contribution >= 4 is 17.7 Å². The van der Waals surface area contributed by atoms with Crippen LogP contribution in [0.3, 0.4) is 0 Å². The average Bonchev–Trinajstić information content (AvgIpc) is 2.84. The quantitative estimate of drug-likeness (QED) is 0.249. The van der Waals surface area contributed by atoms with Crippen molar-refractivity contribution in [2.75, 3.05) is 18.9 Å². The van der Waals surface area contributed by atoms with Crippen molar-refractivity contribution in [1.29, 1.82) is 0 Å². The molecule has 174 valence electrons. The van der Waals surface area contributed by atoms with Crippen LogP contribution < -0.4 is 10.1 Å². The van der Waals surface area contributed by atoms with E-state index in [0.29, 0.717) is 5.75 Å². The summed E-state index contributed by atoms with van der Waals surface area (Å²) in [6, 6.07) is 28.0. The molecule has 3 N–H and O–H groups in total. The van der Waals surface area contributed by atoms with E-state index in [1.807, 2.05) is 54.6 Å². The molecule has 2 atom stereocenters. The molecule has 1 unspecified atom stereocenters. The predicted octanol–water partition coefficient (Wildman–Crippen LogP) is 4.80. The van der Waals surface area contributed by atoms with Crippen LogP contribution in [0.2, 0.25) is 0 Å². The number of hydrogen-bond acceptors (Lipinski definition) is 5. The fraction of sp³-hybridized carbons (Fsp3) is 0.296. The minimum Gasteiger partial charge on any atom is -0.479 e. The molecule has 0 spiro atoms. The third kappa shape index (κ3) is 7.63. The van der Waals surface area contributed by atoms with Crippen molar-refractivity contribution < 1.29 is 19.7 Å². The van der Waals surface area contributed by atoms with Crippen LogP contribution in [0, 0.1) is 0 Å². The molecule has 0 aliphatic carbocycles. The lowest BCUT2D eigenvalue weighted by Crippen LogP contribution is -2.39. The zero-order valence-electron chi connectivity index (χ0n) is 18.8. The average molecular weight is 466 g/mol. The van der Waals surface area contributed by atoms with Gasteiger partial charge in [0.1, 0.15) is 5.75 Å². The highest BCUT2D eigenvalue weighted by molar-refractivity contribution is 7.99. The Labute approximate surface area is 199 Å². The number of carboxylic acids is 1. The number of thioether (sulfide) groups is 1. The summed E-state index contributed by atoms with van der Waals surface area (Å²) in [6.45, 7) is 2.34. The van der Waals surface area contributed by atoms with Crippen molar-refractivity contribution in [1.82, 2.24) is 5.32 Å². The number of hydrogen-bond donors (Lipinski definition) is 3. The molecule has 3 aromatic carbocycles. The number of nitrogens with one attached hydrogen (secondary N) is 1. The first kappa shape index (κ1) is 24.8. The van der Waals surface area contributed by atoms with Crippen LogP contribution in [0.4, 0.5) is 0 Å². The Kier molecular flexibility index (Phi) is 9.81. The number of aliphatic hydroxyl groups is 1. The molecule has 0 heterocycles. The fourth-order valence-electron chi connectivity index (χ4n) is 3.71. The summed E-state index contributed by atoms with van der Waals surface area (Å²) < 4.78 is 5.45. The highest BCUT2D eigenvalue weighted by Gasteiger charge is 2.23. The fourth-order valence-corrected chi connectivity index (χ4v) is 4.61. The molecule has 0 saturated heterocycles. The Hall–Kier alpha value is -2.80. The van der Waals surface area contributed by atoms with Gasteiger partial charge in [-0.3, -0.25) is 0 Å². The number of carboxylic acid groups (broad SMARTS) is 1. The van der Waals surface area contributed by atoms with Gasteiger partial charge in [-0.05, 0) is 55.0 Å². The Morgan fingerprint density at radius 2 is 1.61 bits per heavy atom. The van der Waals surface area contributed by atoms with E-state index >= 15 is 0 Å². The standard InChI is InChI=1S/C27H31NO4S/c1-20(27(30)31)32-23-14-8-15-24(18-23)33-17-9-16-28-25(19-29)26(21-10-4-2-5-11-21)22-12-6-3-7-13-22/h2-8,10-15,18,20,25-26,28-29H,9,16-17,19H2,1H3,(H,30,31)/t20-,25?/m0/s1. The van der Waals surface area contributed by atoms with E-state index in [4.69, 9.17) is 9.84 Å². The summed E-state index contributed by atoms with van der Waals surface area (Å²) in [5.41, 5.74) is 2.36. The third-order valence-electron chi connectivity index (χ3n) is 5.38. The molecule has 0 amide bonds. The van der Waals surface area contributed by atoms with Crippen molar-refractivity contribution in [3.8, 4) is 5.75 Å². The van der Waals surface area contributed by atoms with E-state index in [-0.39, 0.29) is 18.6 Å². The molecular formula is C27H31NO4S. The highest BCUT2D eigenvalue weighted by atomic mass is 32.2. The van der Waals surface area contributed by atoms with Gasteiger partial charge in [0.15, 0.2) is 6.10 Å². The topological polar surface area (TPSA) is 78.8 Å². The highest BCUT2D eigenvalue weighted by Crippen LogP contribution is 2.28. The maximum absolute atomic E-state index is 11.0. The summed E-state index contributed by atoms with van der Waals surface area (Å²) in [5, 5.41) is 22.7. The summed E-state index contributed by atoms with van der Waals surface area (Å²) in [7, 11) is 0. The SMILES string of the molecule is C[C@H](Oc1cccc(SCCCNC(CO)C(c2ccccc2)c2ccccc2)c1)C(=O)O. The van der Waals surface area contributed by atoms with E-state index in [1.54, 1.807) is 17.8 Å². The maximum Gasteiger partial charge on any atom is 0.344 e. The minimum absolute atomic E-state index is 0.0444. The second kappa shape index (κ2) is 13.0. The number of aliphatic carboxylic acids is 1. The Bertz CT molecular complexity index is 944. The lowest BCUT2D eigenvalue weighted by atomic mass is 9.85. The van der Waals surface area contributed by atoms with E-state index in [2.05, 4.69) is 29.6 Å². The van der Waals surface area contributed by atoms with Crippen LogP contribution in [0.25, 0.3) is 0 Å². The molecule has 0 fully saturated rings. The summed E-state index contributed by atoms with van der Waals surface area (Å²) in [6.07, 6.45) is 0.0423. The molecule has 6 heteroatoms. The Morgan fingerprint density at radius 3 is 2.18 bits per heavy atom. The van der Waals surface area contributed by atoms with Gasteiger partial charge in [0.2, 0.25) is 0 Å². The third-order valence-corrected chi connectivity index (χ3v) is 6.46. The van der Waals surface area contributed by atoms with Crippen LogP contribution in [0.15, 0.2) is 89.8 Å². The number of benzene rings is 3. The van der Waals surface area contributed by atoms with Gasteiger partial charge in [0.05, 0.1) is 6.61 Å².